The monoisotopic (exact) mass is 417 g/mol. The van der Waals surface area contributed by atoms with E-state index in [9.17, 15) is 0 Å². The van der Waals surface area contributed by atoms with E-state index in [-0.39, 0.29) is 0 Å². The van der Waals surface area contributed by atoms with E-state index < -0.39 is 0 Å². The molecule has 20 heavy (non-hydrogen) atoms. The molecular formula is C15H17Br2NOS. The zero-order valence-corrected chi connectivity index (χ0v) is 15.5. The van der Waals surface area contributed by atoms with Gasteiger partial charge in [-0.1, -0.05) is 6.92 Å². The van der Waals surface area contributed by atoms with Crippen LogP contribution in [0.1, 0.15) is 22.9 Å². The first kappa shape index (κ1) is 16.0. The molecule has 0 amide bonds. The summed E-state index contributed by atoms with van der Waals surface area (Å²) in [4.78, 5) is 1.43. The van der Waals surface area contributed by atoms with Crippen molar-refractivity contribution < 1.29 is 4.74 Å². The molecular weight excluding hydrogens is 402 g/mol. The van der Waals surface area contributed by atoms with Crippen molar-refractivity contribution in [1.29, 1.82) is 0 Å². The third-order valence-corrected chi connectivity index (χ3v) is 5.24. The molecule has 0 bridgehead atoms. The number of nitrogens with one attached hydrogen (secondary N) is 1. The first-order valence-corrected chi connectivity index (χ1v) is 8.90. The van der Waals surface area contributed by atoms with E-state index in [0.717, 1.165) is 34.2 Å². The fourth-order valence-electron chi connectivity index (χ4n) is 2.07. The summed E-state index contributed by atoms with van der Waals surface area (Å²) >= 11 is 8.88. The number of hydrogen-bond donors (Lipinski definition) is 1. The van der Waals surface area contributed by atoms with Crippen molar-refractivity contribution in [2.75, 3.05) is 7.11 Å². The van der Waals surface area contributed by atoms with E-state index in [2.05, 4.69) is 67.7 Å². The van der Waals surface area contributed by atoms with Gasteiger partial charge in [0, 0.05) is 18.0 Å². The largest absolute Gasteiger partial charge is 0.494 e. The van der Waals surface area contributed by atoms with Crippen LogP contribution in [-0.4, -0.2) is 7.11 Å². The highest BCUT2D eigenvalue weighted by atomic mass is 79.9. The van der Waals surface area contributed by atoms with Crippen LogP contribution >= 0.6 is 43.2 Å². The lowest BCUT2D eigenvalue weighted by Crippen LogP contribution is -2.12. The molecule has 0 radical (unpaired) electrons. The Labute approximate surface area is 140 Å². The number of rotatable bonds is 6. The van der Waals surface area contributed by atoms with Gasteiger partial charge in [-0.25, -0.2) is 0 Å². The lowest BCUT2D eigenvalue weighted by Gasteiger charge is -2.10. The van der Waals surface area contributed by atoms with Crippen molar-refractivity contribution in [2.24, 2.45) is 0 Å². The van der Waals surface area contributed by atoms with Gasteiger partial charge in [-0.05, 0) is 73.0 Å². The SMILES string of the molecule is CCc1ccsc1CNCc1cc(Br)c(OC)c(Br)c1. The molecule has 5 heteroatoms. The quantitative estimate of drug-likeness (QED) is 0.701. The van der Waals surface area contributed by atoms with Crippen molar-refractivity contribution in [3.05, 3.63) is 48.5 Å². The molecule has 108 valence electrons. The van der Waals surface area contributed by atoms with Gasteiger partial charge in [0.1, 0.15) is 5.75 Å². The number of benzene rings is 1. The number of aryl methyl sites for hydroxylation is 1. The first-order valence-electron chi connectivity index (χ1n) is 6.43. The van der Waals surface area contributed by atoms with E-state index >= 15 is 0 Å². The second-order valence-electron chi connectivity index (χ2n) is 4.42. The van der Waals surface area contributed by atoms with Crippen LogP contribution in [0.25, 0.3) is 0 Å². The first-order chi connectivity index (χ1) is 9.65. The van der Waals surface area contributed by atoms with Gasteiger partial charge in [-0.2, -0.15) is 0 Å². The minimum Gasteiger partial charge on any atom is -0.494 e. The third-order valence-electron chi connectivity index (χ3n) is 3.10. The van der Waals surface area contributed by atoms with Crippen LogP contribution in [0, 0.1) is 0 Å². The Balaban J connectivity index is 1.98. The Morgan fingerprint density at radius 1 is 1.20 bits per heavy atom. The second-order valence-corrected chi connectivity index (χ2v) is 7.13. The Bertz CT molecular complexity index is 560. The van der Waals surface area contributed by atoms with Crippen LogP contribution in [0.5, 0.6) is 5.75 Å². The van der Waals surface area contributed by atoms with Crippen LogP contribution < -0.4 is 10.1 Å². The molecule has 0 saturated carbocycles. The topological polar surface area (TPSA) is 21.3 Å². The summed E-state index contributed by atoms with van der Waals surface area (Å²) in [7, 11) is 1.67. The lowest BCUT2D eigenvalue weighted by molar-refractivity contribution is 0.409. The summed E-state index contributed by atoms with van der Waals surface area (Å²) in [6, 6.07) is 6.39. The van der Waals surface area contributed by atoms with Crippen molar-refractivity contribution in [3.8, 4) is 5.75 Å². The number of hydrogen-bond acceptors (Lipinski definition) is 3. The molecule has 0 fully saturated rings. The molecule has 1 aromatic heterocycles. The Morgan fingerprint density at radius 2 is 1.90 bits per heavy atom. The zero-order chi connectivity index (χ0) is 14.5. The summed E-state index contributed by atoms with van der Waals surface area (Å²) in [6.45, 7) is 3.95. The number of thiophene rings is 1. The predicted octanol–water partition coefficient (Wildman–Crippen LogP) is 5.13. The summed E-state index contributed by atoms with van der Waals surface area (Å²) in [5, 5.41) is 5.66. The van der Waals surface area contributed by atoms with E-state index in [0.29, 0.717) is 0 Å². The number of methoxy groups -OCH3 is 1. The van der Waals surface area contributed by atoms with Gasteiger partial charge in [0.2, 0.25) is 0 Å². The van der Waals surface area contributed by atoms with Gasteiger partial charge in [0.15, 0.2) is 0 Å². The third kappa shape index (κ3) is 3.85. The van der Waals surface area contributed by atoms with Crippen LogP contribution in [0.15, 0.2) is 32.5 Å². The van der Waals surface area contributed by atoms with Crippen LogP contribution in [-0.2, 0) is 19.5 Å². The Morgan fingerprint density at radius 3 is 2.50 bits per heavy atom. The normalized spacial score (nSPS) is 10.8. The highest BCUT2D eigenvalue weighted by molar-refractivity contribution is 9.11. The van der Waals surface area contributed by atoms with Crippen molar-refractivity contribution in [2.45, 2.75) is 26.4 Å². The summed E-state index contributed by atoms with van der Waals surface area (Å²) in [5.74, 6) is 0.834. The van der Waals surface area contributed by atoms with Gasteiger partial charge >= 0.3 is 0 Å². The molecule has 0 spiro atoms. The zero-order valence-electron chi connectivity index (χ0n) is 11.5. The minimum absolute atomic E-state index is 0.834. The molecule has 0 aliphatic heterocycles. The highest BCUT2D eigenvalue weighted by Gasteiger charge is 2.08. The van der Waals surface area contributed by atoms with Crippen LogP contribution in [0.3, 0.4) is 0 Å². The fourth-order valence-corrected chi connectivity index (χ4v) is 4.62. The van der Waals surface area contributed by atoms with Crippen molar-refractivity contribution >= 4 is 43.2 Å². The predicted molar refractivity (Wildman–Crippen MR) is 92.6 cm³/mol. The molecule has 0 atom stereocenters. The van der Waals surface area contributed by atoms with Crippen molar-refractivity contribution in [3.63, 3.8) is 0 Å². The molecule has 1 aromatic carbocycles. The average molecular weight is 419 g/mol. The molecule has 0 unspecified atom stereocenters. The maximum Gasteiger partial charge on any atom is 0.147 e. The Kier molecular flexibility index (Phi) is 6.08. The van der Waals surface area contributed by atoms with Crippen LogP contribution in [0.2, 0.25) is 0 Å². The second kappa shape index (κ2) is 7.59. The van der Waals surface area contributed by atoms with Gasteiger partial charge < -0.3 is 10.1 Å². The summed E-state index contributed by atoms with van der Waals surface area (Å²) in [6.07, 6.45) is 1.10. The maximum absolute atomic E-state index is 5.31. The minimum atomic E-state index is 0.834. The van der Waals surface area contributed by atoms with E-state index in [4.69, 9.17) is 4.74 Å². The Hall–Kier alpha value is -0.360. The number of ether oxygens (including phenoxy) is 1. The molecule has 0 aliphatic rings. The molecule has 2 nitrogen and oxygen atoms in total. The van der Waals surface area contributed by atoms with E-state index in [1.165, 1.54) is 16.0 Å². The standard InChI is InChI=1S/C15H17Br2NOS/c1-3-11-4-5-20-14(11)9-18-8-10-6-12(16)15(19-2)13(17)7-10/h4-7,18H,3,8-9H2,1-2H3. The van der Waals surface area contributed by atoms with Gasteiger partial charge in [0.25, 0.3) is 0 Å². The lowest BCUT2D eigenvalue weighted by atomic mass is 10.2. The van der Waals surface area contributed by atoms with Gasteiger partial charge in [-0.3, -0.25) is 0 Å². The van der Waals surface area contributed by atoms with Crippen molar-refractivity contribution in [1.82, 2.24) is 5.32 Å². The summed E-state index contributed by atoms with van der Waals surface area (Å²) in [5.41, 5.74) is 2.67. The molecule has 1 N–H and O–H groups in total. The molecule has 1 heterocycles. The van der Waals surface area contributed by atoms with Gasteiger partial charge in [0.05, 0.1) is 16.1 Å². The average Bonchev–Trinajstić information content (AvgIpc) is 2.86. The summed E-state index contributed by atoms with van der Waals surface area (Å²) < 4.78 is 7.25. The van der Waals surface area contributed by atoms with E-state index in [1.54, 1.807) is 7.11 Å². The maximum atomic E-state index is 5.31. The number of halogens is 2. The van der Waals surface area contributed by atoms with Gasteiger partial charge in [-0.15, -0.1) is 11.3 Å². The van der Waals surface area contributed by atoms with E-state index in [1.807, 2.05) is 11.3 Å². The molecule has 0 aliphatic carbocycles. The fraction of sp³-hybridized carbons (Fsp3) is 0.333. The molecule has 2 aromatic rings. The smallest absolute Gasteiger partial charge is 0.147 e. The van der Waals surface area contributed by atoms with Crippen LogP contribution in [0.4, 0.5) is 0 Å². The highest BCUT2D eigenvalue weighted by Crippen LogP contribution is 2.34. The molecule has 0 saturated heterocycles. The molecule has 2 rings (SSSR count).